The van der Waals surface area contributed by atoms with Crippen molar-refractivity contribution in [3.63, 3.8) is 0 Å². The topological polar surface area (TPSA) is 40.9 Å². The average Bonchev–Trinajstić information content (AvgIpc) is 2.44. The van der Waals surface area contributed by atoms with Crippen molar-refractivity contribution in [1.82, 2.24) is 0 Å². The molecule has 2 aromatic rings. The molecule has 20 heavy (non-hydrogen) atoms. The lowest BCUT2D eigenvalue weighted by Gasteiger charge is -2.13. The number of carbonyl (C=O) groups is 1. The summed E-state index contributed by atoms with van der Waals surface area (Å²) in [5, 5.41) is 9.41. The highest BCUT2D eigenvalue weighted by molar-refractivity contribution is 9.10. The van der Waals surface area contributed by atoms with E-state index in [1.54, 1.807) is 0 Å². The fourth-order valence-electron chi connectivity index (χ4n) is 2.16. The molecule has 1 unspecified atom stereocenters. The van der Waals surface area contributed by atoms with Gasteiger partial charge < -0.3 is 0 Å². The highest BCUT2D eigenvalue weighted by Gasteiger charge is 2.24. The van der Waals surface area contributed by atoms with Crippen molar-refractivity contribution in [2.75, 3.05) is 0 Å². The van der Waals surface area contributed by atoms with Crippen molar-refractivity contribution in [1.29, 1.82) is 5.26 Å². The van der Waals surface area contributed by atoms with Crippen LogP contribution < -0.4 is 0 Å². The Morgan fingerprint density at radius 3 is 2.55 bits per heavy atom. The van der Waals surface area contributed by atoms with Gasteiger partial charge in [0.05, 0.1) is 6.07 Å². The Bertz CT molecular complexity index is 700. The van der Waals surface area contributed by atoms with E-state index in [1.165, 1.54) is 0 Å². The van der Waals surface area contributed by atoms with E-state index in [1.807, 2.05) is 56.3 Å². The van der Waals surface area contributed by atoms with Gasteiger partial charge in [-0.3, -0.25) is 4.79 Å². The largest absolute Gasteiger partial charge is 0.292 e. The molecule has 2 rings (SSSR count). The summed E-state index contributed by atoms with van der Waals surface area (Å²) in [5.74, 6) is -0.938. The van der Waals surface area contributed by atoms with Crippen LogP contribution in [0.2, 0.25) is 0 Å². The number of nitriles is 1. The fourth-order valence-corrected chi connectivity index (χ4v) is 2.61. The summed E-state index contributed by atoms with van der Waals surface area (Å²) in [4.78, 5) is 12.6. The van der Waals surface area contributed by atoms with E-state index in [0.29, 0.717) is 5.56 Å². The standard InChI is InChI=1S/C17H14BrNO/c1-11-7-8-16(18)14(9-11)17(20)15(10-19)13-6-4-3-5-12(13)2/h3-9,15H,1-2H3. The zero-order chi connectivity index (χ0) is 14.7. The molecule has 0 amide bonds. The summed E-state index contributed by atoms with van der Waals surface area (Å²) in [6.45, 7) is 3.84. The first-order chi connectivity index (χ1) is 9.54. The molecule has 0 bridgehead atoms. The summed E-state index contributed by atoms with van der Waals surface area (Å²) in [7, 11) is 0. The van der Waals surface area contributed by atoms with Gasteiger partial charge in [-0.25, -0.2) is 0 Å². The molecule has 0 aromatic heterocycles. The minimum Gasteiger partial charge on any atom is -0.292 e. The van der Waals surface area contributed by atoms with Gasteiger partial charge in [0.15, 0.2) is 5.78 Å². The number of hydrogen-bond acceptors (Lipinski definition) is 2. The summed E-state index contributed by atoms with van der Waals surface area (Å²) in [6, 6.07) is 15.2. The Morgan fingerprint density at radius 2 is 1.90 bits per heavy atom. The first-order valence-electron chi connectivity index (χ1n) is 6.30. The molecule has 3 heteroatoms. The highest BCUT2D eigenvalue weighted by Crippen LogP contribution is 2.27. The summed E-state index contributed by atoms with van der Waals surface area (Å²) < 4.78 is 0.724. The molecule has 100 valence electrons. The third kappa shape index (κ3) is 2.81. The van der Waals surface area contributed by atoms with Gasteiger partial charge >= 0.3 is 0 Å². The van der Waals surface area contributed by atoms with Gasteiger partial charge in [-0.15, -0.1) is 0 Å². The number of aryl methyl sites for hydroxylation is 2. The molecule has 2 aromatic carbocycles. The predicted octanol–water partition coefficient (Wildman–Crippen LogP) is 4.56. The van der Waals surface area contributed by atoms with Crippen LogP contribution in [0.4, 0.5) is 0 Å². The van der Waals surface area contributed by atoms with E-state index in [2.05, 4.69) is 22.0 Å². The van der Waals surface area contributed by atoms with Gasteiger partial charge in [0.25, 0.3) is 0 Å². The molecule has 0 aliphatic heterocycles. The first kappa shape index (κ1) is 14.5. The Balaban J connectivity index is 2.48. The quantitative estimate of drug-likeness (QED) is 0.775. The molecule has 2 nitrogen and oxygen atoms in total. The first-order valence-corrected chi connectivity index (χ1v) is 7.09. The molecule has 0 saturated carbocycles. The minimum absolute atomic E-state index is 0.169. The zero-order valence-corrected chi connectivity index (χ0v) is 12.9. The van der Waals surface area contributed by atoms with Gasteiger partial charge in [0.2, 0.25) is 0 Å². The predicted molar refractivity (Wildman–Crippen MR) is 82.7 cm³/mol. The summed E-state index contributed by atoms with van der Waals surface area (Å²) >= 11 is 3.39. The van der Waals surface area contributed by atoms with Crippen LogP contribution in [0.1, 0.15) is 33.0 Å². The molecule has 0 saturated heterocycles. The fraction of sp³-hybridized carbons (Fsp3) is 0.176. The van der Waals surface area contributed by atoms with Crippen LogP contribution >= 0.6 is 15.9 Å². The van der Waals surface area contributed by atoms with Crippen LogP contribution in [0.3, 0.4) is 0 Å². The second kappa shape index (κ2) is 6.02. The average molecular weight is 328 g/mol. The second-order valence-corrected chi connectivity index (χ2v) is 5.62. The molecular formula is C17H14BrNO. The van der Waals surface area contributed by atoms with Crippen molar-refractivity contribution < 1.29 is 4.79 Å². The van der Waals surface area contributed by atoms with Crippen LogP contribution in [0.25, 0.3) is 0 Å². The molecule has 0 heterocycles. The molecule has 0 aliphatic carbocycles. The van der Waals surface area contributed by atoms with E-state index in [-0.39, 0.29) is 5.78 Å². The third-order valence-corrected chi connectivity index (χ3v) is 3.97. The van der Waals surface area contributed by atoms with Crippen LogP contribution in [-0.4, -0.2) is 5.78 Å². The van der Waals surface area contributed by atoms with E-state index in [4.69, 9.17) is 0 Å². The molecule has 0 N–H and O–H groups in total. The lowest BCUT2D eigenvalue weighted by molar-refractivity contribution is 0.0978. The number of halogens is 1. The maximum Gasteiger partial charge on any atom is 0.185 e. The van der Waals surface area contributed by atoms with Gasteiger partial charge in [0.1, 0.15) is 5.92 Å². The van der Waals surface area contributed by atoms with E-state index in [0.717, 1.165) is 21.2 Å². The van der Waals surface area contributed by atoms with Gasteiger partial charge in [-0.05, 0) is 37.1 Å². The van der Waals surface area contributed by atoms with E-state index >= 15 is 0 Å². The summed E-state index contributed by atoms with van der Waals surface area (Å²) in [6.07, 6.45) is 0. The summed E-state index contributed by atoms with van der Waals surface area (Å²) in [5.41, 5.74) is 3.28. The number of ketones is 1. The number of benzene rings is 2. The van der Waals surface area contributed by atoms with Crippen molar-refractivity contribution in [2.24, 2.45) is 0 Å². The Morgan fingerprint density at radius 1 is 1.20 bits per heavy atom. The van der Waals surface area contributed by atoms with Crippen molar-refractivity contribution >= 4 is 21.7 Å². The van der Waals surface area contributed by atoms with Crippen molar-refractivity contribution in [2.45, 2.75) is 19.8 Å². The smallest absolute Gasteiger partial charge is 0.185 e. The molecule has 1 atom stereocenters. The SMILES string of the molecule is Cc1ccc(Br)c(C(=O)C(C#N)c2ccccc2C)c1. The lowest BCUT2D eigenvalue weighted by atomic mass is 9.89. The Kier molecular flexibility index (Phi) is 4.36. The zero-order valence-electron chi connectivity index (χ0n) is 11.4. The van der Waals surface area contributed by atoms with Crippen LogP contribution in [0.15, 0.2) is 46.9 Å². The number of hydrogen-bond donors (Lipinski definition) is 0. The number of Topliss-reactive ketones (excluding diaryl/α,β-unsaturated/α-hetero) is 1. The van der Waals surface area contributed by atoms with Crippen molar-refractivity contribution in [3.05, 3.63) is 69.2 Å². The maximum absolute atomic E-state index is 12.6. The molecular weight excluding hydrogens is 314 g/mol. The number of rotatable bonds is 3. The lowest BCUT2D eigenvalue weighted by Crippen LogP contribution is -2.13. The van der Waals surface area contributed by atoms with Crippen molar-refractivity contribution in [3.8, 4) is 6.07 Å². The van der Waals surface area contributed by atoms with Crippen LogP contribution in [0, 0.1) is 25.2 Å². The Hall–Kier alpha value is -1.92. The third-order valence-electron chi connectivity index (χ3n) is 3.28. The maximum atomic E-state index is 12.6. The van der Waals surface area contributed by atoms with Gasteiger partial charge in [-0.1, -0.05) is 51.8 Å². The molecule has 0 radical (unpaired) electrons. The monoisotopic (exact) mass is 327 g/mol. The molecule has 0 fully saturated rings. The van der Waals surface area contributed by atoms with Gasteiger partial charge in [0, 0.05) is 10.0 Å². The van der Waals surface area contributed by atoms with Crippen LogP contribution in [-0.2, 0) is 0 Å². The Labute approximate surface area is 127 Å². The minimum atomic E-state index is -0.769. The highest BCUT2D eigenvalue weighted by atomic mass is 79.9. The van der Waals surface area contributed by atoms with Gasteiger partial charge in [-0.2, -0.15) is 5.26 Å². The normalized spacial score (nSPS) is 11.7. The second-order valence-electron chi connectivity index (χ2n) is 4.77. The molecule has 0 spiro atoms. The van der Waals surface area contributed by atoms with E-state index < -0.39 is 5.92 Å². The van der Waals surface area contributed by atoms with Crippen LogP contribution in [0.5, 0.6) is 0 Å². The molecule has 0 aliphatic rings. The van der Waals surface area contributed by atoms with E-state index in [9.17, 15) is 10.1 Å². The number of nitrogens with zero attached hydrogens (tertiary/aromatic N) is 1. The number of carbonyl (C=O) groups excluding carboxylic acids is 1.